The average molecular weight is 473 g/mol. The fourth-order valence-electron chi connectivity index (χ4n) is 3.41. The first-order valence-electron chi connectivity index (χ1n) is 11.7. The molecule has 5 nitrogen and oxygen atoms in total. The molecule has 34 heavy (non-hydrogen) atoms. The summed E-state index contributed by atoms with van der Waals surface area (Å²) < 4.78 is 46.3. The molecular formula is C26H31F3N4O. The van der Waals surface area contributed by atoms with E-state index in [1.54, 1.807) is 24.3 Å². The van der Waals surface area contributed by atoms with E-state index >= 15 is 0 Å². The summed E-state index contributed by atoms with van der Waals surface area (Å²) >= 11 is 0. The summed E-state index contributed by atoms with van der Waals surface area (Å²) in [6.45, 7) is 4.90. The van der Waals surface area contributed by atoms with Crippen molar-refractivity contribution in [2.75, 3.05) is 17.2 Å². The van der Waals surface area contributed by atoms with Crippen LogP contribution in [0.25, 0.3) is 0 Å². The number of aromatic nitrogens is 2. The number of rotatable bonds is 12. The van der Waals surface area contributed by atoms with E-state index in [-0.39, 0.29) is 11.8 Å². The summed E-state index contributed by atoms with van der Waals surface area (Å²) in [5.41, 5.74) is 1.37. The van der Waals surface area contributed by atoms with Gasteiger partial charge in [0.2, 0.25) is 5.95 Å². The van der Waals surface area contributed by atoms with Crippen LogP contribution in [0.2, 0.25) is 0 Å². The molecule has 0 unspecified atom stereocenters. The Labute approximate surface area is 198 Å². The first-order valence-corrected chi connectivity index (χ1v) is 11.7. The van der Waals surface area contributed by atoms with Crippen molar-refractivity contribution in [1.29, 1.82) is 0 Å². The van der Waals surface area contributed by atoms with E-state index in [1.165, 1.54) is 12.8 Å². The maximum absolute atomic E-state index is 13.5. The minimum Gasteiger partial charge on any atom is -0.494 e. The molecule has 0 radical (unpaired) electrons. The van der Waals surface area contributed by atoms with E-state index in [9.17, 15) is 13.2 Å². The second-order valence-electron chi connectivity index (χ2n) is 8.08. The second-order valence-corrected chi connectivity index (χ2v) is 8.08. The Bertz CT molecular complexity index is 1020. The second kappa shape index (κ2) is 12.3. The van der Waals surface area contributed by atoms with E-state index in [1.807, 2.05) is 24.3 Å². The fraction of sp³-hybridized carbons (Fsp3) is 0.385. The van der Waals surface area contributed by atoms with Gasteiger partial charge in [-0.2, -0.15) is 18.2 Å². The smallest absolute Gasteiger partial charge is 0.421 e. The van der Waals surface area contributed by atoms with Gasteiger partial charge >= 0.3 is 6.18 Å². The van der Waals surface area contributed by atoms with Crippen molar-refractivity contribution in [2.45, 2.75) is 58.5 Å². The molecule has 3 rings (SSSR count). The molecule has 0 fully saturated rings. The molecule has 0 bridgehead atoms. The Morgan fingerprint density at radius 1 is 0.824 bits per heavy atom. The molecule has 0 aliphatic rings. The lowest BCUT2D eigenvalue weighted by Gasteiger charge is -2.15. The Hall–Kier alpha value is -3.29. The third kappa shape index (κ3) is 7.64. The summed E-state index contributed by atoms with van der Waals surface area (Å²) in [5, 5.41) is 5.75. The molecule has 0 aliphatic carbocycles. The van der Waals surface area contributed by atoms with Crippen LogP contribution in [-0.2, 0) is 12.6 Å². The molecule has 0 saturated heterocycles. The van der Waals surface area contributed by atoms with Gasteiger partial charge in [0.1, 0.15) is 17.1 Å². The van der Waals surface area contributed by atoms with Gasteiger partial charge in [-0.05, 0) is 54.8 Å². The van der Waals surface area contributed by atoms with E-state index < -0.39 is 11.7 Å². The van der Waals surface area contributed by atoms with Crippen LogP contribution >= 0.6 is 0 Å². The molecule has 1 heterocycles. The van der Waals surface area contributed by atoms with Gasteiger partial charge in [-0.25, -0.2) is 4.98 Å². The standard InChI is InChI=1S/C26H31F3N4O/c1-3-5-6-7-17-34-22-15-13-21(14-16-22)32-25-30-18-23(26(27,28)29)24(33-25)31-20-11-9-19(8-4-2)10-12-20/h9-16,18H,3-8,17H2,1-2H3,(H2,30,31,32,33). The minimum atomic E-state index is -4.58. The Morgan fingerprint density at radius 2 is 1.50 bits per heavy atom. The van der Waals surface area contributed by atoms with Gasteiger partial charge in [0.25, 0.3) is 0 Å². The SMILES string of the molecule is CCCCCCOc1ccc(Nc2ncc(C(F)(F)F)c(Nc3ccc(CCC)cc3)n2)cc1. The van der Waals surface area contributed by atoms with Crippen LogP contribution in [0.3, 0.4) is 0 Å². The molecular weight excluding hydrogens is 441 g/mol. The third-order valence-corrected chi connectivity index (χ3v) is 5.23. The Morgan fingerprint density at radius 3 is 2.15 bits per heavy atom. The van der Waals surface area contributed by atoms with Gasteiger partial charge < -0.3 is 15.4 Å². The number of hydrogen-bond donors (Lipinski definition) is 2. The van der Waals surface area contributed by atoms with Crippen molar-refractivity contribution < 1.29 is 17.9 Å². The van der Waals surface area contributed by atoms with Gasteiger partial charge in [0.05, 0.1) is 6.61 Å². The number of alkyl halides is 3. The van der Waals surface area contributed by atoms with E-state index in [0.29, 0.717) is 18.0 Å². The number of hydrogen-bond acceptors (Lipinski definition) is 5. The molecule has 0 spiro atoms. The van der Waals surface area contributed by atoms with Gasteiger partial charge in [0.15, 0.2) is 0 Å². The van der Waals surface area contributed by atoms with Gasteiger partial charge in [-0.15, -0.1) is 0 Å². The molecule has 0 saturated carbocycles. The highest BCUT2D eigenvalue weighted by atomic mass is 19.4. The van der Waals surface area contributed by atoms with Crippen LogP contribution in [0.4, 0.5) is 36.3 Å². The predicted octanol–water partition coefficient (Wildman–Crippen LogP) is 7.89. The number of aryl methyl sites for hydroxylation is 1. The van der Waals surface area contributed by atoms with E-state index in [2.05, 4.69) is 34.4 Å². The number of benzene rings is 2. The Kier molecular flexibility index (Phi) is 9.13. The summed E-state index contributed by atoms with van der Waals surface area (Å²) in [6.07, 6.45) is 2.63. The number of halogens is 3. The van der Waals surface area contributed by atoms with Gasteiger partial charge in [-0.1, -0.05) is 51.7 Å². The lowest BCUT2D eigenvalue weighted by atomic mass is 10.1. The monoisotopic (exact) mass is 472 g/mol. The van der Waals surface area contributed by atoms with Crippen LogP contribution in [0.15, 0.2) is 54.7 Å². The molecule has 1 aromatic heterocycles. The molecule has 0 atom stereocenters. The molecule has 3 aromatic rings. The number of anilines is 4. The summed E-state index contributed by atoms with van der Waals surface area (Å²) in [5.74, 6) is 0.496. The van der Waals surface area contributed by atoms with Crippen LogP contribution in [0, 0.1) is 0 Å². The zero-order valence-corrected chi connectivity index (χ0v) is 19.6. The molecule has 0 aliphatic heterocycles. The lowest BCUT2D eigenvalue weighted by molar-refractivity contribution is -0.137. The molecule has 2 N–H and O–H groups in total. The molecule has 182 valence electrons. The maximum Gasteiger partial charge on any atom is 0.421 e. The van der Waals surface area contributed by atoms with Gasteiger partial charge in [0, 0.05) is 17.6 Å². The fourth-order valence-corrected chi connectivity index (χ4v) is 3.41. The van der Waals surface area contributed by atoms with Crippen LogP contribution in [0.5, 0.6) is 5.75 Å². The van der Waals surface area contributed by atoms with E-state index in [0.717, 1.165) is 43.2 Å². The summed E-state index contributed by atoms with van der Waals surface area (Å²) in [7, 11) is 0. The Balaban J connectivity index is 1.70. The van der Waals surface area contributed by atoms with Crippen LogP contribution < -0.4 is 15.4 Å². The van der Waals surface area contributed by atoms with Crippen molar-refractivity contribution in [1.82, 2.24) is 9.97 Å². The number of nitrogens with zero attached hydrogens (tertiary/aromatic N) is 2. The molecule has 8 heteroatoms. The van der Waals surface area contributed by atoms with E-state index in [4.69, 9.17) is 4.74 Å². The topological polar surface area (TPSA) is 59.1 Å². The highest BCUT2D eigenvalue weighted by molar-refractivity contribution is 5.63. The normalized spacial score (nSPS) is 11.3. The first-order chi connectivity index (χ1) is 16.4. The van der Waals surface area contributed by atoms with Crippen molar-refractivity contribution in [3.05, 3.63) is 65.9 Å². The zero-order chi connectivity index (χ0) is 24.4. The largest absolute Gasteiger partial charge is 0.494 e. The molecule has 2 aromatic carbocycles. The number of ether oxygens (including phenoxy) is 1. The zero-order valence-electron chi connectivity index (χ0n) is 19.6. The highest BCUT2D eigenvalue weighted by Crippen LogP contribution is 2.35. The highest BCUT2D eigenvalue weighted by Gasteiger charge is 2.35. The lowest BCUT2D eigenvalue weighted by Crippen LogP contribution is -2.12. The first kappa shape index (κ1) is 25.3. The van der Waals surface area contributed by atoms with Crippen molar-refractivity contribution in [3.63, 3.8) is 0 Å². The van der Waals surface area contributed by atoms with Crippen molar-refractivity contribution >= 4 is 23.1 Å². The maximum atomic E-state index is 13.5. The molecule has 0 amide bonds. The quantitative estimate of drug-likeness (QED) is 0.262. The average Bonchev–Trinajstić information content (AvgIpc) is 2.81. The predicted molar refractivity (Wildman–Crippen MR) is 130 cm³/mol. The van der Waals surface area contributed by atoms with Crippen LogP contribution in [0.1, 0.15) is 57.1 Å². The minimum absolute atomic E-state index is 0.0614. The third-order valence-electron chi connectivity index (χ3n) is 5.23. The van der Waals surface area contributed by atoms with Crippen LogP contribution in [-0.4, -0.2) is 16.6 Å². The van der Waals surface area contributed by atoms with Crippen molar-refractivity contribution in [2.24, 2.45) is 0 Å². The van der Waals surface area contributed by atoms with Gasteiger partial charge in [-0.3, -0.25) is 0 Å². The number of unbranched alkanes of at least 4 members (excludes halogenated alkanes) is 3. The van der Waals surface area contributed by atoms with Crippen molar-refractivity contribution in [3.8, 4) is 5.75 Å². The number of nitrogens with one attached hydrogen (secondary N) is 2. The summed E-state index contributed by atoms with van der Waals surface area (Å²) in [6, 6.07) is 14.5. The summed E-state index contributed by atoms with van der Waals surface area (Å²) in [4.78, 5) is 7.97.